The Kier molecular flexibility index (Phi) is 5.58. The summed E-state index contributed by atoms with van der Waals surface area (Å²) in [5, 5.41) is 8.50. The zero-order chi connectivity index (χ0) is 6.53. The zero-order valence-corrected chi connectivity index (χ0v) is 6.34. The molecule has 0 spiro atoms. The maximum absolute atomic E-state index is 8.50. The van der Waals surface area contributed by atoms with Crippen LogP contribution in [0, 0.1) is 0 Å². The number of aliphatic hydroxyl groups excluding tert-OH is 1. The predicted octanol–water partition coefficient (Wildman–Crippen LogP) is -0.360. The van der Waals surface area contributed by atoms with E-state index in [0.29, 0.717) is 6.61 Å². The number of hydrogen-bond donors (Lipinski definition) is 1. The molecule has 0 atom stereocenters. The number of likely N-dealkylation sites (tertiary alicyclic amines) is 1. The standard InChI is InChI=1S/C7H15NO.H2O/c9-7-3-6-8-4-1-2-5-8;/h9H,1-7H2;1H2. The van der Waals surface area contributed by atoms with E-state index in [9.17, 15) is 0 Å². The zero-order valence-electron chi connectivity index (χ0n) is 6.34. The van der Waals surface area contributed by atoms with Crippen LogP contribution < -0.4 is 0 Å². The van der Waals surface area contributed by atoms with Crippen molar-refractivity contribution in [3.63, 3.8) is 0 Å². The van der Waals surface area contributed by atoms with Gasteiger partial charge < -0.3 is 15.5 Å². The molecule has 0 amide bonds. The van der Waals surface area contributed by atoms with Crippen molar-refractivity contribution < 1.29 is 10.6 Å². The van der Waals surface area contributed by atoms with E-state index in [1.54, 1.807) is 0 Å². The van der Waals surface area contributed by atoms with Crippen LogP contribution in [0.25, 0.3) is 0 Å². The molecule has 1 fully saturated rings. The van der Waals surface area contributed by atoms with E-state index in [1.165, 1.54) is 25.9 Å². The van der Waals surface area contributed by atoms with E-state index in [4.69, 9.17) is 5.11 Å². The fraction of sp³-hybridized carbons (Fsp3) is 1.00. The molecule has 0 saturated carbocycles. The van der Waals surface area contributed by atoms with Crippen LogP contribution in [-0.4, -0.2) is 41.7 Å². The van der Waals surface area contributed by atoms with E-state index in [0.717, 1.165) is 13.0 Å². The Hall–Kier alpha value is -0.120. The Morgan fingerprint density at radius 1 is 1.20 bits per heavy atom. The van der Waals surface area contributed by atoms with Gasteiger partial charge in [-0.15, -0.1) is 0 Å². The van der Waals surface area contributed by atoms with E-state index >= 15 is 0 Å². The van der Waals surface area contributed by atoms with Crippen molar-refractivity contribution in [2.75, 3.05) is 26.2 Å². The molecule has 0 radical (unpaired) electrons. The summed E-state index contributed by atoms with van der Waals surface area (Å²) in [7, 11) is 0. The van der Waals surface area contributed by atoms with E-state index < -0.39 is 0 Å². The van der Waals surface area contributed by atoms with Crippen molar-refractivity contribution in [2.45, 2.75) is 19.3 Å². The molecule has 3 heteroatoms. The highest BCUT2D eigenvalue weighted by Gasteiger charge is 2.09. The van der Waals surface area contributed by atoms with Gasteiger partial charge >= 0.3 is 0 Å². The summed E-state index contributed by atoms with van der Waals surface area (Å²) in [5.41, 5.74) is 0. The number of aliphatic hydroxyl groups is 1. The van der Waals surface area contributed by atoms with Crippen molar-refractivity contribution in [1.82, 2.24) is 4.90 Å². The molecule has 10 heavy (non-hydrogen) atoms. The average molecular weight is 147 g/mol. The molecule has 3 N–H and O–H groups in total. The number of rotatable bonds is 3. The fourth-order valence-electron chi connectivity index (χ4n) is 1.30. The van der Waals surface area contributed by atoms with Gasteiger partial charge in [0.25, 0.3) is 0 Å². The van der Waals surface area contributed by atoms with Crippen molar-refractivity contribution >= 4 is 0 Å². The first-order valence-electron chi connectivity index (χ1n) is 3.76. The molecular weight excluding hydrogens is 130 g/mol. The predicted molar refractivity (Wildman–Crippen MR) is 41.0 cm³/mol. The topological polar surface area (TPSA) is 55.0 Å². The highest BCUT2D eigenvalue weighted by Crippen LogP contribution is 2.06. The van der Waals surface area contributed by atoms with Crippen molar-refractivity contribution in [3.05, 3.63) is 0 Å². The normalized spacial score (nSPS) is 18.9. The molecule has 1 aliphatic rings. The van der Waals surface area contributed by atoms with Gasteiger partial charge in [-0.1, -0.05) is 0 Å². The van der Waals surface area contributed by atoms with Crippen LogP contribution in [0.2, 0.25) is 0 Å². The molecule has 0 aromatic carbocycles. The largest absolute Gasteiger partial charge is 0.412 e. The highest BCUT2D eigenvalue weighted by atomic mass is 16.3. The molecule has 0 aliphatic carbocycles. The van der Waals surface area contributed by atoms with Crippen LogP contribution in [0.15, 0.2) is 0 Å². The van der Waals surface area contributed by atoms with Gasteiger partial charge in [-0.2, -0.15) is 0 Å². The summed E-state index contributed by atoms with van der Waals surface area (Å²) in [5.74, 6) is 0. The second kappa shape index (κ2) is 5.65. The lowest BCUT2D eigenvalue weighted by molar-refractivity contribution is 0.248. The summed E-state index contributed by atoms with van der Waals surface area (Å²) in [6.07, 6.45) is 3.65. The van der Waals surface area contributed by atoms with Crippen LogP contribution in [0.4, 0.5) is 0 Å². The van der Waals surface area contributed by atoms with Gasteiger partial charge in [0.15, 0.2) is 0 Å². The molecule has 1 saturated heterocycles. The SMILES string of the molecule is O.OCCCN1CCCC1. The lowest BCUT2D eigenvalue weighted by atomic mass is 10.4. The van der Waals surface area contributed by atoms with Gasteiger partial charge in [-0.25, -0.2) is 0 Å². The van der Waals surface area contributed by atoms with Crippen molar-refractivity contribution in [2.24, 2.45) is 0 Å². The van der Waals surface area contributed by atoms with Gasteiger partial charge in [0, 0.05) is 13.2 Å². The summed E-state index contributed by atoms with van der Waals surface area (Å²) < 4.78 is 0. The minimum Gasteiger partial charge on any atom is -0.412 e. The monoisotopic (exact) mass is 147 g/mol. The van der Waals surface area contributed by atoms with E-state index in [2.05, 4.69) is 4.90 Å². The first-order chi connectivity index (χ1) is 4.43. The summed E-state index contributed by atoms with van der Waals surface area (Å²) >= 11 is 0. The molecular formula is C7H17NO2. The Balaban J connectivity index is 0.000000810. The number of nitrogens with zero attached hydrogens (tertiary/aromatic N) is 1. The Bertz CT molecular complexity index is 72.0. The molecule has 0 bridgehead atoms. The van der Waals surface area contributed by atoms with E-state index in [1.807, 2.05) is 0 Å². The quantitative estimate of drug-likeness (QED) is 0.592. The Morgan fingerprint density at radius 3 is 2.30 bits per heavy atom. The van der Waals surface area contributed by atoms with Crippen molar-refractivity contribution in [1.29, 1.82) is 0 Å². The molecule has 0 aromatic heterocycles. The smallest absolute Gasteiger partial charge is 0.0443 e. The summed E-state index contributed by atoms with van der Waals surface area (Å²) in [4.78, 5) is 2.41. The third-order valence-electron chi connectivity index (χ3n) is 1.83. The maximum Gasteiger partial charge on any atom is 0.0443 e. The van der Waals surface area contributed by atoms with E-state index in [-0.39, 0.29) is 5.48 Å². The minimum atomic E-state index is 0. The lowest BCUT2D eigenvalue weighted by Crippen LogP contribution is -2.20. The minimum absolute atomic E-state index is 0. The fourth-order valence-corrected chi connectivity index (χ4v) is 1.30. The second-order valence-electron chi connectivity index (χ2n) is 2.63. The third-order valence-corrected chi connectivity index (χ3v) is 1.83. The van der Waals surface area contributed by atoms with Gasteiger partial charge in [0.2, 0.25) is 0 Å². The van der Waals surface area contributed by atoms with Gasteiger partial charge in [-0.3, -0.25) is 0 Å². The van der Waals surface area contributed by atoms with Crippen LogP contribution in [0.1, 0.15) is 19.3 Å². The molecule has 1 rings (SSSR count). The average Bonchev–Trinajstić information content (AvgIpc) is 2.34. The van der Waals surface area contributed by atoms with Crippen LogP contribution in [0.3, 0.4) is 0 Å². The molecule has 62 valence electrons. The third kappa shape index (κ3) is 3.15. The summed E-state index contributed by atoms with van der Waals surface area (Å²) in [6, 6.07) is 0. The number of hydrogen-bond acceptors (Lipinski definition) is 2. The highest BCUT2D eigenvalue weighted by molar-refractivity contribution is 4.64. The maximum atomic E-state index is 8.50. The molecule has 0 aromatic rings. The molecule has 3 nitrogen and oxygen atoms in total. The van der Waals surface area contributed by atoms with Crippen LogP contribution >= 0.6 is 0 Å². The lowest BCUT2D eigenvalue weighted by Gasteiger charge is -2.12. The van der Waals surface area contributed by atoms with Gasteiger partial charge in [0.05, 0.1) is 0 Å². The second-order valence-corrected chi connectivity index (χ2v) is 2.63. The molecule has 1 aliphatic heterocycles. The molecule has 1 heterocycles. The molecule has 0 unspecified atom stereocenters. The van der Waals surface area contributed by atoms with Crippen molar-refractivity contribution in [3.8, 4) is 0 Å². The van der Waals surface area contributed by atoms with Gasteiger partial charge in [-0.05, 0) is 32.4 Å². The first kappa shape index (κ1) is 9.88. The van der Waals surface area contributed by atoms with Gasteiger partial charge in [0.1, 0.15) is 0 Å². The van der Waals surface area contributed by atoms with Crippen LogP contribution in [-0.2, 0) is 0 Å². The Labute approximate surface area is 62.0 Å². The Morgan fingerprint density at radius 2 is 1.80 bits per heavy atom. The first-order valence-corrected chi connectivity index (χ1v) is 3.76. The van der Waals surface area contributed by atoms with Crippen LogP contribution in [0.5, 0.6) is 0 Å². The summed E-state index contributed by atoms with van der Waals surface area (Å²) in [6.45, 7) is 3.94.